The molecule has 19 heavy (non-hydrogen) atoms. The minimum Gasteiger partial charge on any atom is -0.505 e. The second kappa shape index (κ2) is 6.40. The largest absolute Gasteiger partial charge is 0.505 e. The maximum Gasteiger partial charge on any atom is 0.378 e. The normalized spacial score (nSPS) is 21.5. The summed E-state index contributed by atoms with van der Waals surface area (Å²) in [5, 5.41) is 27.9. The highest BCUT2D eigenvalue weighted by molar-refractivity contribution is 6.76. The monoisotopic (exact) mass is 290 g/mol. The van der Waals surface area contributed by atoms with E-state index in [-0.39, 0.29) is 5.76 Å². The Labute approximate surface area is 113 Å². The van der Waals surface area contributed by atoms with Crippen molar-refractivity contribution in [2.24, 2.45) is 0 Å². The molecule has 0 fully saturated rings. The van der Waals surface area contributed by atoms with Crippen LogP contribution in [0.2, 0.25) is 25.7 Å². The molecule has 0 bridgehead atoms. The summed E-state index contributed by atoms with van der Waals surface area (Å²) in [6, 6.07) is 1.05. The van der Waals surface area contributed by atoms with E-state index in [4.69, 9.17) is 14.6 Å². The van der Waals surface area contributed by atoms with E-state index in [2.05, 4.69) is 19.6 Å². The Morgan fingerprint density at radius 1 is 1.42 bits per heavy atom. The minimum atomic E-state index is -1.34. The van der Waals surface area contributed by atoms with Gasteiger partial charge in [-0.3, -0.25) is 0 Å². The van der Waals surface area contributed by atoms with Gasteiger partial charge in [0.15, 0.2) is 11.9 Å². The van der Waals surface area contributed by atoms with Crippen LogP contribution in [0.25, 0.3) is 0 Å². The Balaban J connectivity index is 2.52. The molecule has 0 aromatic carbocycles. The average Bonchev–Trinajstić information content (AvgIpc) is 2.59. The van der Waals surface area contributed by atoms with Crippen molar-refractivity contribution in [1.82, 2.24) is 0 Å². The third-order valence-corrected chi connectivity index (χ3v) is 4.63. The minimum absolute atomic E-state index is 0.256. The number of aliphatic hydroxyl groups is 3. The molecule has 0 radical (unpaired) electrons. The molecule has 1 aliphatic rings. The number of aliphatic hydroxyl groups excluding tert-OH is 3. The van der Waals surface area contributed by atoms with Crippen LogP contribution in [-0.2, 0) is 14.3 Å². The summed E-state index contributed by atoms with van der Waals surface area (Å²) in [4.78, 5) is 11.5. The average molecular weight is 290 g/mol. The molecule has 0 saturated carbocycles. The lowest BCUT2D eigenvalue weighted by atomic mass is 10.2. The van der Waals surface area contributed by atoms with Gasteiger partial charge in [-0.15, -0.1) is 0 Å². The number of esters is 1. The molecule has 110 valence electrons. The Morgan fingerprint density at radius 2 is 2.05 bits per heavy atom. The fourth-order valence-corrected chi connectivity index (χ4v) is 2.93. The van der Waals surface area contributed by atoms with Gasteiger partial charge in [-0.25, -0.2) is 4.79 Å². The van der Waals surface area contributed by atoms with Crippen LogP contribution in [0.3, 0.4) is 0 Å². The molecule has 3 N–H and O–H groups in total. The highest BCUT2D eigenvalue weighted by atomic mass is 28.3. The maximum atomic E-state index is 11.5. The van der Waals surface area contributed by atoms with E-state index in [0.717, 1.165) is 12.5 Å². The molecule has 0 aromatic heterocycles. The molecule has 1 rings (SSSR count). The summed E-state index contributed by atoms with van der Waals surface area (Å²) in [6.07, 6.45) is -1.77. The predicted octanol–water partition coefficient (Wildman–Crippen LogP) is 0.779. The van der Waals surface area contributed by atoms with Crippen LogP contribution in [0.4, 0.5) is 0 Å². The van der Waals surface area contributed by atoms with Crippen molar-refractivity contribution in [2.75, 3.05) is 13.2 Å². The second-order valence-electron chi connectivity index (χ2n) is 5.80. The summed E-state index contributed by atoms with van der Waals surface area (Å²) < 4.78 is 9.98. The molecular weight excluding hydrogens is 268 g/mol. The van der Waals surface area contributed by atoms with E-state index < -0.39 is 38.6 Å². The Kier molecular flexibility index (Phi) is 5.39. The standard InChI is InChI=1S/C12H22O6Si/c1-19(2,3)6-4-5-17-11-9(15)10(8(14)7-13)18-12(11)16/h8,10,13-15H,4-7H2,1-3H3. The van der Waals surface area contributed by atoms with E-state index >= 15 is 0 Å². The molecule has 7 heteroatoms. The first-order chi connectivity index (χ1) is 8.76. The number of rotatable bonds is 7. The molecule has 6 nitrogen and oxygen atoms in total. The van der Waals surface area contributed by atoms with Crippen molar-refractivity contribution in [3.8, 4) is 0 Å². The van der Waals surface area contributed by atoms with Crippen molar-refractivity contribution in [3.05, 3.63) is 11.5 Å². The van der Waals surface area contributed by atoms with Gasteiger partial charge < -0.3 is 24.8 Å². The van der Waals surface area contributed by atoms with Gasteiger partial charge in [0.1, 0.15) is 6.10 Å². The molecule has 1 aliphatic heterocycles. The molecule has 2 unspecified atom stereocenters. The van der Waals surface area contributed by atoms with Crippen LogP contribution in [-0.4, -0.2) is 54.8 Å². The molecule has 0 aliphatic carbocycles. The first-order valence-corrected chi connectivity index (χ1v) is 10.0. The number of carbonyl (C=O) groups excluding carboxylic acids is 1. The lowest BCUT2D eigenvalue weighted by Gasteiger charge is -2.15. The van der Waals surface area contributed by atoms with E-state index in [9.17, 15) is 15.0 Å². The Hall–Kier alpha value is -1.05. The van der Waals surface area contributed by atoms with Gasteiger partial charge in [0, 0.05) is 8.07 Å². The smallest absolute Gasteiger partial charge is 0.378 e. The zero-order valence-electron chi connectivity index (χ0n) is 11.5. The Morgan fingerprint density at radius 3 is 2.58 bits per heavy atom. The van der Waals surface area contributed by atoms with Gasteiger partial charge in [0.05, 0.1) is 13.2 Å². The second-order valence-corrected chi connectivity index (χ2v) is 11.4. The summed E-state index contributed by atoms with van der Waals surface area (Å²) in [7, 11) is -1.15. The van der Waals surface area contributed by atoms with Crippen molar-refractivity contribution >= 4 is 14.0 Å². The zero-order valence-corrected chi connectivity index (χ0v) is 12.5. The van der Waals surface area contributed by atoms with E-state index in [0.29, 0.717) is 6.61 Å². The van der Waals surface area contributed by atoms with Crippen LogP contribution >= 0.6 is 0 Å². The van der Waals surface area contributed by atoms with Gasteiger partial charge in [-0.2, -0.15) is 0 Å². The number of hydrogen-bond acceptors (Lipinski definition) is 6. The molecule has 0 aromatic rings. The number of hydrogen-bond donors (Lipinski definition) is 3. The van der Waals surface area contributed by atoms with Crippen molar-refractivity contribution in [3.63, 3.8) is 0 Å². The van der Waals surface area contributed by atoms with Gasteiger partial charge in [0.2, 0.25) is 5.76 Å². The summed E-state index contributed by atoms with van der Waals surface area (Å²) in [6.45, 7) is 6.43. The topological polar surface area (TPSA) is 96.2 Å². The Bertz CT molecular complexity index is 360. The van der Waals surface area contributed by atoms with Crippen molar-refractivity contribution in [2.45, 2.75) is 44.3 Å². The molecule has 0 saturated heterocycles. The highest BCUT2D eigenvalue weighted by Crippen LogP contribution is 2.24. The molecule has 0 amide bonds. The van der Waals surface area contributed by atoms with Gasteiger partial charge in [-0.1, -0.05) is 25.7 Å². The lowest BCUT2D eigenvalue weighted by Crippen LogP contribution is -2.31. The fraction of sp³-hybridized carbons (Fsp3) is 0.750. The predicted molar refractivity (Wildman–Crippen MR) is 71.3 cm³/mol. The first kappa shape index (κ1) is 16.0. The third kappa shape index (κ3) is 4.52. The van der Waals surface area contributed by atoms with Crippen LogP contribution in [0.5, 0.6) is 0 Å². The van der Waals surface area contributed by atoms with Gasteiger partial charge in [-0.05, 0) is 6.42 Å². The molecule has 0 spiro atoms. The van der Waals surface area contributed by atoms with Gasteiger partial charge in [0.25, 0.3) is 0 Å². The van der Waals surface area contributed by atoms with E-state index in [1.165, 1.54) is 0 Å². The number of ether oxygens (including phenoxy) is 2. The lowest BCUT2D eigenvalue weighted by molar-refractivity contribution is -0.148. The van der Waals surface area contributed by atoms with E-state index in [1.807, 2.05) is 0 Å². The van der Waals surface area contributed by atoms with Crippen LogP contribution in [0, 0.1) is 0 Å². The highest BCUT2D eigenvalue weighted by Gasteiger charge is 2.40. The third-order valence-electron chi connectivity index (χ3n) is 2.78. The van der Waals surface area contributed by atoms with Gasteiger partial charge >= 0.3 is 5.97 Å². The first-order valence-electron chi connectivity index (χ1n) is 6.32. The maximum absolute atomic E-state index is 11.5. The molecule has 1 heterocycles. The summed E-state index contributed by atoms with van der Waals surface area (Å²) in [5.41, 5.74) is 0. The summed E-state index contributed by atoms with van der Waals surface area (Å²) >= 11 is 0. The van der Waals surface area contributed by atoms with Crippen LogP contribution in [0.15, 0.2) is 11.5 Å². The quantitative estimate of drug-likeness (QED) is 0.364. The molecular formula is C12H22O6Si. The number of cyclic esters (lactones) is 1. The summed E-state index contributed by atoms with van der Waals surface area (Å²) in [5.74, 6) is -1.50. The molecule has 2 atom stereocenters. The SMILES string of the molecule is C[Si](C)(C)CCCOC1=C(O)C(C(O)CO)OC1=O. The van der Waals surface area contributed by atoms with Crippen molar-refractivity contribution < 1.29 is 29.6 Å². The van der Waals surface area contributed by atoms with Crippen molar-refractivity contribution in [1.29, 1.82) is 0 Å². The number of carbonyl (C=O) groups is 1. The van der Waals surface area contributed by atoms with Crippen LogP contribution in [0.1, 0.15) is 6.42 Å². The van der Waals surface area contributed by atoms with Crippen LogP contribution < -0.4 is 0 Å². The van der Waals surface area contributed by atoms with E-state index in [1.54, 1.807) is 0 Å². The zero-order chi connectivity index (χ0) is 14.6. The fourth-order valence-electron chi connectivity index (χ4n) is 1.72.